The Bertz CT molecular complexity index is 914. The molecule has 154 valence electrons. The molecule has 29 heavy (non-hydrogen) atoms. The van der Waals surface area contributed by atoms with E-state index < -0.39 is 6.09 Å². The molecule has 0 N–H and O–H groups in total. The molecule has 0 unspecified atom stereocenters. The molecule has 2 aromatic carbocycles. The summed E-state index contributed by atoms with van der Waals surface area (Å²) >= 11 is 0. The molecule has 8 nitrogen and oxygen atoms in total. The van der Waals surface area contributed by atoms with Gasteiger partial charge in [0.2, 0.25) is 5.75 Å². The number of hydrogen-bond acceptors (Lipinski definition) is 7. The van der Waals surface area contributed by atoms with Crippen LogP contribution in [0.5, 0.6) is 28.7 Å². The minimum atomic E-state index is -0.476. The lowest BCUT2D eigenvalue weighted by Crippen LogP contribution is -2.21. The van der Waals surface area contributed by atoms with Gasteiger partial charge in [0.1, 0.15) is 6.61 Å². The minimum Gasteiger partial charge on any atom is -0.493 e. The number of cyclic esters (lactones) is 1. The molecule has 1 aliphatic heterocycles. The SMILES string of the molecule is COc1ccc(N2C(=O)OC/C2=C/c2cc(OC)c(OC)c(OC)c2)cc1OC. The second-order valence-corrected chi connectivity index (χ2v) is 6.02. The molecule has 0 aliphatic carbocycles. The van der Waals surface area contributed by atoms with Crippen molar-refractivity contribution in [1.29, 1.82) is 0 Å². The molecule has 1 saturated heterocycles. The zero-order valence-corrected chi connectivity index (χ0v) is 17.0. The number of benzene rings is 2. The molecule has 8 heteroatoms. The number of ether oxygens (including phenoxy) is 6. The maximum absolute atomic E-state index is 12.4. The van der Waals surface area contributed by atoms with Gasteiger partial charge in [-0.3, -0.25) is 0 Å². The van der Waals surface area contributed by atoms with E-state index in [1.54, 1.807) is 58.8 Å². The van der Waals surface area contributed by atoms with Crippen LogP contribution in [0.2, 0.25) is 0 Å². The molecule has 0 spiro atoms. The highest BCUT2D eigenvalue weighted by molar-refractivity contribution is 5.96. The van der Waals surface area contributed by atoms with Gasteiger partial charge >= 0.3 is 6.09 Å². The summed E-state index contributed by atoms with van der Waals surface area (Å²) < 4.78 is 32.0. The van der Waals surface area contributed by atoms with E-state index in [-0.39, 0.29) is 6.61 Å². The molecule has 1 aliphatic rings. The van der Waals surface area contributed by atoms with Crippen molar-refractivity contribution in [2.75, 3.05) is 47.1 Å². The van der Waals surface area contributed by atoms with Gasteiger partial charge < -0.3 is 28.4 Å². The highest BCUT2D eigenvalue weighted by Gasteiger charge is 2.30. The first-order valence-corrected chi connectivity index (χ1v) is 8.75. The highest BCUT2D eigenvalue weighted by Crippen LogP contribution is 2.40. The third-order valence-electron chi connectivity index (χ3n) is 4.46. The second kappa shape index (κ2) is 8.64. The molecule has 0 atom stereocenters. The third-order valence-corrected chi connectivity index (χ3v) is 4.46. The first kappa shape index (κ1) is 20.2. The fourth-order valence-electron chi connectivity index (χ4n) is 3.10. The summed E-state index contributed by atoms with van der Waals surface area (Å²) in [5.41, 5.74) is 2.01. The topological polar surface area (TPSA) is 75.7 Å². The van der Waals surface area contributed by atoms with Crippen LogP contribution in [0.25, 0.3) is 6.08 Å². The van der Waals surface area contributed by atoms with Gasteiger partial charge in [-0.1, -0.05) is 0 Å². The Hall–Kier alpha value is -3.55. The maximum Gasteiger partial charge on any atom is 0.419 e. The van der Waals surface area contributed by atoms with Crippen molar-refractivity contribution in [3.05, 3.63) is 41.6 Å². The Morgan fingerprint density at radius 1 is 0.828 bits per heavy atom. The van der Waals surface area contributed by atoms with Crippen molar-refractivity contribution < 1.29 is 33.2 Å². The molecule has 0 radical (unpaired) electrons. The zero-order chi connectivity index (χ0) is 21.0. The van der Waals surface area contributed by atoms with Crippen molar-refractivity contribution in [3.8, 4) is 28.7 Å². The Balaban J connectivity index is 2.04. The van der Waals surface area contributed by atoms with Crippen LogP contribution in [0.15, 0.2) is 36.0 Å². The molecular formula is C21H23NO7. The number of hydrogen-bond donors (Lipinski definition) is 0. The minimum absolute atomic E-state index is 0.129. The molecule has 0 saturated carbocycles. The first-order chi connectivity index (χ1) is 14.1. The van der Waals surface area contributed by atoms with Crippen molar-refractivity contribution in [3.63, 3.8) is 0 Å². The summed E-state index contributed by atoms with van der Waals surface area (Å²) in [5, 5.41) is 0. The smallest absolute Gasteiger partial charge is 0.419 e. The van der Waals surface area contributed by atoms with Crippen LogP contribution in [0, 0.1) is 0 Å². The number of nitrogens with zero attached hydrogens (tertiary/aromatic N) is 1. The summed E-state index contributed by atoms with van der Waals surface area (Å²) in [7, 11) is 7.73. The van der Waals surface area contributed by atoms with Crippen LogP contribution in [0.4, 0.5) is 10.5 Å². The van der Waals surface area contributed by atoms with Gasteiger partial charge in [-0.2, -0.15) is 0 Å². The highest BCUT2D eigenvalue weighted by atomic mass is 16.6. The lowest BCUT2D eigenvalue weighted by molar-refractivity contribution is 0.182. The summed E-state index contributed by atoms with van der Waals surface area (Å²) in [6.07, 6.45) is 1.35. The van der Waals surface area contributed by atoms with Crippen molar-refractivity contribution >= 4 is 17.9 Å². The van der Waals surface area contributed by atoms with E-state index in [1.165, 1.54) is 12.0 Å². The van der Waals surface area contributed by atoms with E-state index in [2.05, 4.69) is 0 Å². The van der Waals surface area contributed by atoms with Crippen LogP contribution in [0.1, 0.15) is 5.56 Å². The average molecular weight is 401 g/mol. The fraction of sp³-hybridized carbons (Fsp3) is 0.286. The number of rotatable bonds is 7. The number of carbonyl (C=O) groups excluding carboxylic acids is 1. The van der Waals surface area contributed by atoms with E-state index >= 15 is 0 Å². The van der Waals surface area contributed by atoms with Gasteiger partial charge in [-0.05, 0) is 35.9 Å². The molecule has 2 aromatic rings. The normalized spacial score (nSPS) is 14.6. The molecule has 1 amide bonds. The second-order valence-electron chi connectivity index (χ2n) is 6.02. The van der Waals surface area contributed by atoms with Crippen LogP contribution in [-0.4, -0.2) is 48.2 Å². The Morgan fingerprint density at radius 2 is 1.45 bits per heavy atom. The third kappa shape index (κ3) is 3.87. The van der Waals surface area contributed by atoms with Crippen molar-refractivity contribution in [1.82, 2.24) is 0 Å². The van der Waals surface area contributed by atoms with Gasteiger partial charge in [-0.25, -0.2) is 9.69 Å². The van der Waals surface area contributed by atoms with E-state index in [0.29, 0.717) is 40.1 Å². The fourth-order valence-corrected chi connectivity index (χ4v) is 3.10. The van der Waals surface area contributed by atoms with Crippen LogP contribution in [-0.2, 0) is 4.74 Å². The van der Waals surface area contributed by atoms with Crippen LogP contribution in [0.3, 0.4) is 0 Å². The lowest BCUT2D eigenvalue weighted by atomic mass is 10.1. The number of carbonyl (C=O) groups is 1. The van der Waals surface area contributed by atoms with Gasteiger partial charge in [0.25, 0.3) is 0 Å². The quantitative estimate of drug-likeness (QED) is 0.700. The summed E-state index contributed by atoms with van der Waals surface area (Å²) in [6, 6.07) is 8.80. The number of anilines is 1. The van der Waals surface area contributed by atoms with E-state index in [0.717, 1.165) is 5.56 Å². The van der Waals surface area contributed by atoms with E-state index in [4.69, 9.17) is 28.4 Å². The van der Waals surface area contributed by atoms with E-state index in [1.807, 2.05) is 6.08 Å². The predicted octanol–water partition coefficient (Wildman–Crippen LogP) is 3.73. The van der Waals surface area contributed by atoms with Gasteiger partial charge in [0.15, 0.2) is 23.0 Å². The monoisotopic (exact) mass is 401 g/mol. The average Bonchev–Trinajstić information content (AvgIpc) is 3.12. The summed E-state index contributed by atoms with van der Waals surface area (Å²) in [5.74, 6) is 2.60. The number of amides is 1. The van der Waals surface area contributed by atoms with Gasteiger partial charge in [0.05, 0.1) is 46.9 Å². The van der Waals surface area contributed by atoms with Crippen LogP contribution >= 0.6 is 0 Å². The maximum atomic E-state index is 12.4. The molecule has 1 heterocycles. The molecule has 3 rings (SSSR count). The summed E-state index contributed by atoms with van der Waals surface area (Å²) in [4.78, 5) is 13.9. The molecule has 0 bridgehead atoms. The Labute approximate surface area is 169 Å². The predicted molar refractivity (Wildman–Crippen MR) is 107 cm³/mol. The molecule has 1 fully saturated rings. The Kier molecular flexibility index (Phi) is 6.01. The van der Waals surface area contributed by atoms with Crippen LogP contribution < -0.4 is 28.6 Å². The van der Waals surface area contributed by atoms with Crippen molar-refractivity contribution in [2.45, 2.75) is 0 Å². The van der Waals surface area contributed by atoms with E-state index in [9.17, 15) is 4.79 Å². The van der Waals surface area contributed by atoms with Gasteiger partial charge in [0, 0.05) is 6.07 Å². The zero-order valence-electron chi connectivity index (χ0n) is 17.0. The lowest BCUT2D eigenvalue weighted by Gasteiger charge is -2.18. The Morgan fingerprint density at radius 3 is 2.00 bits per heavy atom. The molecule has 0 aromatic heterocycles. The summed E-state index contributed by atoms with van der Waals surface area (Å²) in [6.45, 7) is 0.129. The standard InChI is InChI=1S/C21H23NO7/c1-24-16-7-6-14(11-17(16)25-2)22-15(12-29-21(22)23)8-13-9-18(26-3)20(28-5)19(10-13)27-4/h6-11H,12H2,1-5H3/b15-8-. The van der Waals surface area contributed by atoms with Crippen molar-refractivity contribution in [2.24, 2.45) is 0 Å². The molecular weight excluding hydrogens is 378 g/mol. The largest absolute Gasteiger partial charge is 0.493 e. The first-order valence-electron chi connectivity index (χ1n) is 8.75. The number of methoxy groups -OCH3 is 5. The van der Waals surface area contributed by atoms with Gasteiger partial charge in [-0.15, -0.1) is 0 Å².